The van der Waals surface area contributed by atoms with Gasteiger partial charge in [-0.25, -0.2) is 8.42 Å². The minimum atomic E-state index is -3.42. The summed E-state index contributed by atoms with van der Waals surface area (Å²) < 4.78 is 26.8. The first-order valence-corrected chi connectivity index (χ1v) is 10.1. The van der Waals surface area contributed by atoms with Gasteiger partial charge >= 0.3 is 0 Å². The Morgan fingerprint density at radius 3 is 2.48 bits per heavy atom. The van der Waals surface area contributed by atoms with Crippen LogP contribution in [0.3, 0.4) is 0 Å². The molecule has 0 amide bonds. The van der Waals surface area contributed by atoms with Crippen molar-refractivity contribution in [1.82, 2.24) is 9.62 Å². The highest BCUT2D eigenvalue weighted by Gasteiger charge is 2.27. The predicted molar refractivity (Wildman–Crippen MR) is 104 cm³/mol. The quantitative estimate of drug-likeness (QED) is 0.787. The summed E-state index contributed by atoms with van der Waals surface area (Å²) in [4.78, 5) is 0.297. The largest absolute Gasteiger partial charge is 0.358 e. The van der Waals surface area contributed by atoms with Gasteiger partial charge in [-0.15, -0.1) is 0 Å². The van der Waals surface area contributed by atoms with E-state index in [9.17, 15) is 8.42 Å². The van der Waals surface area contributed by atoms with Crippen molar-refractivity contribution in [3.63, 3.8) is 0 Å². The highest BCUT2D eigenvalue weighted by atomic mass is 32.2. The van der Waals surface area contributed by atoms with Crippen LogP contribution in [0.1, 0.15) is 18.4 Å². The molecule has 0 saturated carbocycles. The van der Waals surface area contributed by atoms with Crippen LogP contribution in [0.4, 0.5) is 5.69 Å². The molecule has 1 aliphatic heterocycles. The summed E-state index contributed by atoms with van der Waals surface area (Å²) in [6.45, 7) is 1.80. The normalized spacial score (nSPS) is 15.0. The lowest BCUT2D eigenvalue weighted by molar-refractivity contribution is 0.477. The summed E-state index contributed by atoms with van der Waals surface area (Å²) in [5.41, 5.74) is 1.78. The first-order chi connectivity index (χ1) is 12.1. The van der Waals surface area contributed by atoms with E-state index in [-0.39, 0.29) is 0 Å². The van der Waals surface area contributed by atoms with Gasteiger partial charge in [-0.2, -0.15) is 4.31 Å². The van der Waals surface area contributed by atoms with Crippen LogP contribution in [0.25, 0.3) is 0 Å². The Morgan fingerprint density at radius 2 is 1.76 bits per heavy atom. The van der Waals surface area contributed by atoms with Crippen molar-refractivity contribution in [2.75, 3.05) is 18.4 Å². The van der Waals surface area contributed by atoms with Gasteiger partial charge in [0.25, 0.3) is 0 Å². The molecular weight excluding hydrogens is 354 g/mol. The van der Waals surface area contributed by atoms with E-state index in [0.717, 1.165) is 18.4 Å². The molecule has 0 radical (unpaired) electrons. The molecule has 0 bridgehead atoms. The second-order valence-electron chi connectivity index (χ2n) is 5.93. The highest BCUT2D eigenvalue weighted by Crippen LogP contribution is 2.23. The number of nitrogens with one attached hydrogen (secondary N) is 2. The third-order valence-corrected chi connectivity index (χ3v) is 6.23. The van der Waals surface area contributed by atoms with Crippen LogP contribution in [0.5, 0.6) is 0 Å². The number of hydrogen-bond acceptors (Lipinski definition) is 3. The van der Waals surface area contributed by atoms with Crippen molar-refractivity contribution in [2.24, 2.45) is 0 Å². The zero-order chi connectivity index (χ0) is 17.7. The lowest BCUT2D eigenvalue weighted by Crippen LogP contribution is -2.29. The maximum atomic E-state index is 12.6. The van der Waals surface area contributed by atoms with Gasteiger partial charge in [0.2, 0.25) is 10.0 Å². The standard InChI is InChI=1S/C18H21N3O2S2/c22-25(23,21-11-4-5-12-21)17-10-6-9-16(13-17)20-18(24)19-14-15-7-2-1-3-8-15/h1-3,6-10,13H,4-5,11-12,14H2,(H2,19,20,24). The Morgan fingerprint density at radius 1 is 1.04 bits per heavy atom. The zero-order valence-corrected chi connectivity index (χ0v) is 15.4. The van der Waals surface area contributed by atoms with Gasteiger partial charge in [0.05, 0.1) is 4.90 Å². The maximum absolute atomic E-state index is 12.6. The van der Waals surface area contributed by atoms with Crippen molar-refractivity contribution >= 4 is 33.0 Å². The molecule has 5 nitrogen and oxygen atoms in total. The second kappa shape index (κ2) is 7.95. The molecule has 3 rings (SSSR count). The summed E-state index contributed by atoms with van der Waals surface area (Å²) in [7, 11) is -3.42. The van der Waals surface area contributed by atoms with Crippen LogP contribution in [0, 0.1) is 0 Å². The van der Waals surface area contributed by atoms with E-state index in [1.165, 1.54) is 4.31 Å². The lowest BCUT2D eigenvalue weighted by atomic mass is 10.2. The van der Waals surface area contributed by atoms with Crippen molar-refractivity contribution in [1.29, 1.82) is 0 Å². The van der Waals surface area contributed by atoms with E-state index in [2.05, 4.69) is 10.6 Å². The van der Waals surface area contributed by atoms with Crippen LogP contribution in [0.2, 0.25) is 0 Å². The molecule has 0 spiro atoms. The van der Waals surface area contributed by atoms with Crippen LogP contribution in [-0.2, 0) is 16.6 Å². The summed E-state index contributed by atoms with van der Waals surface area (Å²) in [5, 5.41) is 6.63. The number of thiocarbonyl (C=S) groups is 1. The average molecular weight is 376 g/mol. The molecule has 1 heterocycles. The van der Waals surface area contributed by atoms with Crippen molar-refractivity contribution in [3.05, 3.63) is 60.2 Å². The van der Waals surface area contributed by atoms with Gasteiger partial charge in [-0.3, -0.25) is 0 Å². The molecule has 1 fully saturated rings. The van der Waals surface area contributed by atoms with Crippen LogP contribution in [0.15, 0.2) is 59.5 Å². The van der Waals surface area contributed by atoms with Crippen LogP contribution < -0.4 is 10.6 Å². The number of sulfonamides is 1. The van der Waals surface area contributed by atoms with Gasteiger partial charge in [0.1, 0.15) is 0 Å². The smallest absolute Gasteiger partial charge is 0.243 e. The molecule has 25 heavy (non-hydrogen) atoms. The number of benzene rings is 2. The first kappa shape index (κ1) is 17.8. The molecule has 0 aliphatic carbocycles. The number of hydrogen-bond donors (Lipinski definition) is 2. The van der Waals surface area contributed by atoms with E-state index in [4.69, 9.17) is 12.2 Å². The Labute approximate surface area is 154 Å². The molecular formula is C18H21N3O2S2. The Bertz CT molecular complexity index is 832. The van der Waals surface area contributed by atoms with Gasteiger partial charge in [0.15, 0.2) is 5.11 Å². The minimum Gasteiger partial charge on any atom is -0.358 e. The summed E-state index contributed by atoms with van der Waals surface area (Å²) in [5.74, 6) is 0. The molecule has 1 aliphatic rings. The summed E-state index contributed by atoms with van der Waals surface area (Å²) in [6, 6.07) is 16.7. The van der Waals surface area contributed by atoms with Crippen molar-refractivity contribution in [2.45, 2.75) is 24.3 Å². The van der Waals surface area contributed by atoms with Crippen molar-refractivity contribution < 1.29 is 8.42 Å². The molecule has 1 saturated heterocycles. The molecule has 2 aromatic rings. The molecule has 0 atom stereocenters. The van der Waals surface area contributed by atoms with E-state index in [1.807, 2.05) is 30.3 Å². The second-order valence-corrected chi connectivity index (χ2v) is 8.28. The van der Waals surface area contributed by atoms with Gasteiger partial charge in [0, 0.05) is 25.3 Å². The summed E-state index contributed by atoms with van der Waals surface area (Å²) >= 11 is 5.30. The molecule has 132 valence electrons. The van der Waals surface area contributed by atoms with Gasteiger partial charge < -0.3 is 10.6 Å². The van der Waals surface area contributed by atoms with Gasteiger partial charge in [-0.05, 0) is 48.8 Å². The van der Waals surface area contributed by atoms with E-state index < -0.39 is 10.0 Å². The molecule has 2 N–H and O–H groups in total. The SMILES string of the molecule is O=S(=O)(c1cccc(NC(=S)NCc2ccccc2)c1)N1CCCC1. The molecule has 0 unspecified atom stereocenters. The fraction of sp³-hybridized carbons (Fsp3) is 0.278. The predicted octanol–water partition coefficient (Wildman–Crippen LogP) is 2.96. The summed E-state index contributed by atoms with van der Waals surface area (Å²) in [6.07, 6.45) is 1.84. The van der Waals surface area contributed by atoms with Crippen LogP contribution >= 0.6 is 12.2 Å². The first-order valence-electron chi connectivity index (χ1n) is 8.25. The highest BCUT2D eigenvalue weighted by molar-refractivity contribution is 7.89. The van der Waals surface area contributed by atoms with E-state index in [0.29, 0.717) is 35.3 Å². The molecule has 7 heteroatoms. The Kier molecular flexibility index (Phi) is 5.67. The number of anilines is 1. The monoisotopic (exact) mass is 375 g/mol. The Balaban J connectivity index is 1.64. The van der Waals surface area contributed by atoms with E-state index >= 15 is 0 Å². The number of rotatable bonds is 5. The zero-order valence-electron chi connectivity index (χ0n) is 13.8. The molecule has 0 aromatic heterocycles. The third kappa shape index (κ3) is 4.56. The van der Waals surface area contributed by atoms with Gasteiger partial charge in [-0.1, -0.05) is 36.4 Å². The fourth-order valence-electron chi connectivity index (χ4n) is 2.77. The third-order valence-electron chi connectivity index (χ3n) is 4.09. The Hall–Kier alpha value is -1.96. The van der Waals surface area contributed by atoms with Crippen molar-refractivity contribution in [3.8, 4) is 0 Å². The fourth-order valence-corrected chi connectivity index (χ4v) is 4.52. The van der Waals surface area contributed by atoms with E-state index in [1.54, 1.807) is 24.3 Å². The van der Waals surface area contributed by atoms with Crippen LogP contribution in [-0.4, -0.2) is 30.9 Å². The lowest BCUT2D eigenvalue weighted by Gasteiger charge is -2.16. The minimum absolute atomic E-state index is 0.297. The average Bonchev–Trinajstić information content (AvgIpc) is 3.17. The maximum Gasteiger partial charge on any atom is 0.243 e. The topological polar surface area (TPSA) is 61.4 Å². The molecule has 2 aromatic carbocycles. The number of nitrogens with zero attached hydrogens (tertiary/aromatic N) is 1.